The molecule has 0 bridgehead atoms. The van der Waals surface area contributed by atoms with Gasteiger partial charge in [0.1, 0.15) is 9.84 Å². The zero-order valence-corrected chi connectivity index (χ0v) is 13.6. The smallest absolute Gasteiger partial charge is 0.223 e. The van der Waals surface area contributed by atoms with E-state index >= 15 is 0 Å². The molecule has 2 aromatic rings. The van der Waals surface area contributed by atoms with Crippen LogP contribution in [0.2, 0.25) is 0 Å². The molecule has 2 aliphatic rings. The molecule has 7 heteroatoms. The van der Waals surface area contributed by atoms with Crippen molar-refractivity contribution in [1.29, 1.82) is 0 Å². The van der Waals surface area contributed by atoms with Crippen LogP contribution in [0.25, 0.3) is 5.52 Å². The van der Waals surface area contributed by atoms with Crippen LogP contribution in [0.4, 0.5) is 0 Å². The van der Waals surface area contributed by atoms with Gasteiger partial charge in [0.2, 0.25) is 5.91 Å². The molecule has 4 rings (SSSR count). The van der Waals surface area contributed by atoms with Crippen molar-refractivity contribution >= 4 is 21.3 Å². The minimum Gasteiger partial charge on any atom is -0.352 e. The van der Waals surface area contributed by atoms with E-state index in [9.17, 15) is 13.2 Å². The average molecular weight is 333 g/mol. The Morgan fingerprint density at radius 1 is 1.35 bits per heavy atom. The van der Waals surface area contributed by atoms with E-state index in [1.165, 1.54) is 0 Å². The first kappa shape index (κ1) is 14.7. The van der Waals surface area contributed by atoms with E-state index in [-0.39, 0.29) is 28.7 Å². The standard InChI is InChI=1S/C16H19N3O3S/c20-15(13-9-16(13)4-7-23(21,22)8-5-16)17-10-12-11-18-19-6-2-1-3-14(12)19/h1-3,6,11,13H,4-5,7-10H2,(H,17,20). The number of hydrogen-bond donors (Lipinski definition) is 1. The number of pyridine rings is 1. The second-order valence-corrected chi connectivity index (χ2v) is 8.99. The van der Waals surface area contributed by atoms with Crippen molar-refractivity contribution in [2.45, 2.75) is 25.8 Å². The van der Waals surface area contributed by atoms with Crippen LogP contribution < -0.4 is 5.32 Å². The number of sulfone groups is 1. The minimum absolute atomic E-state index is 0.0279. The van der Waals surface area contributed by atoms with Gasteiger partial charge in [0.05, 0.1) is 23.2 Å². The summed E-state index contributed by atoms with van der Waals surface area (Å²) >= 11 is 0. The van der Waals surface area contributed by atoms with Crippen LogP contribution in [0.15, 0.2) is 30.6 Å². The van der Waals surface area contributed by atoms with Gasteiger partial charge in [-0.05, 0) is 36.8 Å². The summed E-state index contributed by atoms with van der Waals surface area (Å²) in [4.78, 5) is 12.4. The lowest BCUT2D eigenvalue weighted by Gasteiger charge is -2.22. The number of hydrogen-bond acceptors (Lipinski definition) is 4. The van der Waals surface area contributed by atoms with Gasteiger partial charge in [-0.1, -0.05) is 6.07 Å². The lowest BCUT2D eigenvalue weighted by atomic mass is 9.96. The largest absolute Gasteiger partial charge is 0.352 e. The third-order valence-electron chi connectivity index (χ3n) is 5.29. The van der Waals surface area contributed by atoms with Crippen LogP contribution in [0.5, 0.6) is 0 Å². The second kappa shape index (κ2) is 5.06. The predicted molar refractivity (Wildman–Crippen MR) is 85.5 cm³/mol. The summed E-state index contributed by atoms with van der Waals surface area (Å²) < 4.78 is 24.9. The Bertz CT molecular complexity index is 858. The van der Waals surface area contributed by atoms with Gasteiger partial charge in [0.15, 0.2) is 0 Å². The Hall–Kier alpha value is -1.89. The molecule has 1 amide bonds. The normalized spacial score (nSPS) is 24.6. The molecule has 1 spiro atoms. The van der Waals surface area contributed by atoms with Crippen molar-refractivity contribution in [1.82, 2.24) is 14.9 Å². The number of nitrogens with one attached hydrogen (secondary N) is 1. The Morgan fingerprint density at radius 3 is 2.91 bits per heavy atom. The van der Waals surface area contributed by atoms with Crippen molar-refractivity contribution in [2.75, 3.05) is 11.5 Å². The summed E-state index contributed by atoms with van der Waals surface area (Å²) in [6.45, 7) is 0.456. The summed E-state index contributed by atoms with van der Waals surface area (Å²) in [5.41, 5.74) is 1.91. The number of rotatable bonds is 3. The van der Waals surface area contributed by atoms with Gasteiger partial charge in [-0.15, -0.1) is 0 Å². The zero-order valence-electron chi connectivity index (χ0n) is 12.7. The second-order valence-electron chi connectivity index (χ2n) is 6.69. The van der Waals surface area contributed by atoms with Gasteiger partial charge < -0.3 is 5.32 Å². The van der Waals surface area contributed by atoms with E-state index in [4.69, 9.17) is 0 Å². The van der Waals surface area contributed by atoms with Crippen molar-refractivity contribution in [3.8, 4) is 0 Å². The molecule has 3 heterocycles. The highest BCUT2D eigenvalue weighted by molar-refractivity contribution is 7.91. The maximum Gasteiger partial charge on any atom is 0.223 e. The first-order valence-electron chi connectivity index (χ1n) is 7.89. The van der Waals surface area contributed by atoms with Gasteiger partial charge in [0.25, 0.3) is 0 Å². The number of carbonyl (C=O) groups excluding carboxylic acids is 1. The highest BCUT2D eigenvalue weighted by Crippen LogP contribution is 2.59. The average Bonchev–Trinajstić information content (AvgIpc) is 3.11. The van der Waals surface area contributed by atoms with E-state index in [0.717, 1.165) is 17.5 Å². The Labute approximate surface area is 134 Å². The topological polar surface area (TPSA) is 80.5 Å². The number of carbonyl (C=O) groups is 1. The molecule has 1 unspecified atom stereocenters. The molecule has 2 aromatic heterocycles. The molecule has 122 valence electrons. The summed E-state index contributed by atoms with van der Waals surface area (Å²) in [6.07, 6.45) is 5.72. The maximum atomic E-state index is 12.4. The number of fused-ring (bicyclic) bond motifs is 1. The summed E-state index contributed by atoms with van der Waals surface area (Å²) in [6, 6.07) is 5.83. The highest BCUT2D eigenvalue weighted by atomic mass is 32.2. The van der Waals surface area contributed by atoms with Gasteiger partial charge in [0, 0.05) is 24.2 Å². The van der Waals surface area contributed by atoms with Crippen molar-refractivity contribution in [3.05, 3.63) is 36.2 Å². The number of nitrogens with zero attached hydrogens (tertiary/aromatic N) is 2. The molecule has 1 aliphatic heterocycles. The van der Waals surface area contributed by atoms with Crippen LogP contribution in [0.3, 0.4) is 0 Å². The van der Waals surface area contributed by atoms with Crippen LogP contribution in [0.1, 0.15) is 24.8 Å². The third kappa shape index (κ3) is 2.63. The quantitative estimate of drug-likeness (QED) is 0.914. The molecule has 0 radical (unpaired) electrons. The summed E-state index contributed by atoms with van der Waals surface area (Å²) in [5, 5.41) is 7.24. The van der Waals surface area contributed by atoms with Gasteiger partial charge in [-0.2, -0.15) is 5.10 Å². The summed E-state index contributed by atoms with van der Waals surface area (Å²) in [5.74, 6) is 0.467. The third-order valence-corrected chi connectivity index (χ3v) is 6.94. The van der Waals surface area contributed by atoms with E-state index in [1.807, 2.05) is 24.4 Å². The van der Waals surface area contributed by atoms with E-state index < -0.39 is 9.84 Å². The molecule has 2 fully saturated rings. The van der Waals surface area contributed by atoms with Crippen LogP contribution in [-0.4, -0.2) is 35.4 Å². The summed E-state index contributed by atoms with van der Waals surface area (Å²) in [7, 11) is -2.88. The van der Waals surface area contributed by atoms with Crippen molar-refractivity contribution in [3.63, 3.8) is 0 Å². The molecule has 1 saturated heterocycles. The molecular weight excluding hydrogens is 314 g/mol. The first-order chi connectivity index (χ1) is 11.0. The van der Waals surface area contributed by atoms with Crippen LogP contribution in [-0.2, 0) is 21.2 Å². The number of aromatic nitrogens is 2. The Balaban J connectivity index is 1.38. The van der Waals surface area contributed by atoms with Gasteiger partial charge in [-0.3, -0.25) is 4.79 Å². The fourth-order valence-corrected chi connectivity index (χ4v) is 5.28. The van der Waals surface area contributed by atoms with Gasteiger partial charge >= 0.3 is 0 Å². The maximum absolute atomic E-state index is 12.4. The SMILES string of the molecule is O=C(NCc1cnn2ccccc12)C1CC12CCS(=O)(=O)CC2. The fourth-order valence-electron chi connectivity index (χ4n) is 3.64. The lowest BCUT2D eigenvalue weighted by molar-refractivity contribution is -0.123. The first-order valence-corrected chi connectivity index (χ1v) is 9.71. The Morgan fingerprint density at radius 2 is 2.13 bits per heavy atom. The molecule has 1 N–H and O–H groups in total. The lowest BCUT2D eigenvalue weighted by Crippen LogP contribution is -2.31. The number of amides is 1. The molecule has 23 heavy (non-hydrogen) atoms. The molecular formula is C16H19N3O3S. The fraction of sp³-hybridized carbons (Fsp3) is 0.500. The monoisotopic (exact) mass is 333 g/mol. The van der Waals surface area contributed by atoms with Crippen molar-refractivity contribution in [2.24, 2.45) is 11.3 Å². The molecule has 1 atom stereocenters. The van der Waals surface area contributed by atoms with E-state index in [1.54, 1.807) is 10.7 Å². The molecule has 0 aromatic carbocycles. The molecule has 1 saturated carbocycles. The van der Waals surface area contributed by atoms with Crippen LogP contribution >= 0.6 is 0 Å². The Kier molecular flexibility index (Phi) is 3.23. The minimum atomic E-state index is -2.88. The molecule has 6 nitrogen and oxygen atoms in total. The van der Waals surface area contributed by atoms with Crippen molar-refractivity contribution < 1.29 is 13.2 Å². The highest BCUT2D eigenvalue weighted by Gasteiger charge is 2.59. The zero-order chi connectivity index (χ0) is 16.1. The van der Waals surface area contributed by atoms with E-state index in [2.05, 4.69) is 10.4 Å². The predicted octanol–water partition coefficient (Wildman–Crippen LogP) is 1.17. The van der Waals surface area contributed by atoms with Gasteiger partial charge in [-0.25, -0.2) is 12.9 Å². The van der Waals surface area contributed by atoms with Crippen LogP contribution in [0, 0.1) is 11.3 Å². The molecule has 1 aliphatic carbocycles. The van der Waals surface area contributed by atoms with E-state index in [0.29, 0.717) is 19.4 Å².